The van der Waals surface area contributed by atoms with Crippen LogP contribution in [0.4, 0.5) is 5.82 Å². The smallest absolute Gasteiger partial charge is 0.223 e. The number of hydrogen-bond acceptors (Lipinski definition) is 4. The molecule has 4 heterocycles. The van der Waals surface area contributed by atoms with Gasteiger partial charge >= 0.3 is 0 Å². The lowest BCUT2D eigenvalue weighted by atomic mass is 9.87. The van der Waals surface area contributed by atoms with Crippen molar-refractivity contribution < 1.29 is 4.79 Å². The Morgan fingerprint density at radius 3 is 2.45 bits per heavy atom. The van der Waals surface area contributed by atoms with E-state index in [1.807, 2.05) is 36.5 Å². The third kappa shape index (κ3) is 3.92. The zero-order valence-electron chi connectivity index (χ0n) is 17.9. The first-order valence-electron chi connectivity index (χ1n) is 11.1. The third-order valence-corrected chi connectivity index (χ3v) is 6.79. The zero-order valence-corrected chi connectivity index (χ0v) is 17.9. The number of nitrogens with zero attached hydrogens (tertiary/aromatic N) is 4. The minimum absolute atomic E-state index is 0.121. The SMILES string of the molecule is Cc1ccccc1[C@@H]1[C@H]2CN(c3ccccn3)C[C@H]2CN1C(=O)CCc1ccccn1. The van der Waals surface area contributed by atoms with E-state index in [0.29, 0.717) is 24.7 Å². The van der Waals surface area contributed by atoms with Crippen LogP contribution in [0.15, 0.2) is 73.1 Å². The van der Waals surface area contributed by atoms with Crippen LogP contribution < -0.4 is 4.90 Å². The minimum Gasteiger partial charge on any atom is -0.356 e. The van der Waals surface area contributed by atoms with Crippen molar-refractivity contribution in [3.8, 4) is 0 Å². The molecule has 2 fully saturated rings. The standard InChI is InChI=1S/C26H28N4O/c1-19-8-2-3-10-22(19)26-23-18-29(24-11-5-7-15-28-24)16-20(23)17-30(26)25(31)13-12-21-9-4-6-14-27-21/h2-11,14-15,20,23,26H,12-13,16-18H2,1H3/t20-,23-,26+/m0/s1. The van der Waals surface area contributed by atoms with Gasteiger partial charge in [-0.25, -0.2) is 4.98 Å². The van der Waals surface area contributed by atoms with E-state index in [-0.39, 0.29) is 11.9 Å². The van der Waals surface area contributed by atoms with E-state index in [1.165, 1.54) is 11.1 Å². The van der Waals surface area contributed by atoms with Gasteiger partial charge in [0, 0.05) is 56.0 Å². The Morgan fingerprint density at radius 2 is 1.71 bits per heavy atom. The monoisotopic (exact) mass is 412 g/mol. The number of benzene rings is 1. The van der Waals surface area contributed by atoms with Crippen molar-refractivity contribution >= 4 is 11.7 Å². The van der Waals surface area contributed by atoms with Crippen LogP contribution in [-0.2, 0) is 11.2 Å². The quantitative estimate of drug-likeness (QED) is 0.634. The highest BCUT2D eigenvalue weighted by Gasteiger charge is 2.49. The fourth-order valence-corrected chi connectivity index (χ4v) is 5.27. The Hall–Kier alpha value is -3.21. The van der Waals surface area contributed by atoms with Gasteiger partial charge in [0.2, 0.25) is 5.91 Å². The molecule has 0 bridgehead atoms. The molecule has 3 atom stereocenters. The van der Waals surface area contributed by atoms with Gasteiger partial charge in [-0.05, 0) is 48.7 Å². The number of carbonyl (C=O) groups excluding carboxylic acids is 1. The summed E-state index contributed by atoms with van der Waals surface area (Å²) >= 11 is 0. The lowest BCUT2D eigenvalue weighted by Crippen LogP contribution is -2.36. The van der Waals surface area contributed by atoms with E-state index >= 15 is 0 Å². The molecule has 5 heteroatoms. The molecule has 31 heavy (non-hydrogen) atoms. The van der Waals surface area contributed by atoms with Crippen LogP contribution in [0.5, 0.6) is 0 Å². The highest BCUT2D eigenvalue weighted by atomic mass is 16.2. The van der Waals surface area contributed by atoms with Crippen LogP contribution in [0.25, 0.3) is 0 Å². The topological polar surface area (TPSA) is 49.3 Å². The molecular formula is C26H28N4O. The fraction of sp³-hybridized carbons (Fsp3) is 0.346. The Morgan fingerprint density at radius 1 is 0.935 bits per heavy atom. The molecule has 2 saturated heterocycles. The average Bonchev–Trinajstić information content (AvgIpc) is 3.38. The maximum Gasteiger partial charge on any atom is 0.223 e. The molecule has 5 rings (SSSR count). The summed E-state index contributed by atoms with van der Waals surface area (Å²) < 4.78 is 0. The predicted molar refractivity (Wildman–Crippen MR) is 122 cm³/mol. The van der Waals surface area contributed by atoms with Crippen molar-refractivity contribution in [3.05, 3.63) is 89.9 Å². The molecule has 1 aromatic carbocycles. The largest absolute Gasteiger partial charge is 0.356 e. The molecule has 0 radical (unpaired) electrons. The number of likely N-dealkylation sites (tertiary alicyclic amines) is 1. The molecule has 0 saturated carbocycles. The van der Waals surface area contributed by atoms with Gasteiger partial charge in [-0.15, -0.1) is 0 Å². The summed E-state index contributed by atoms with van der Waals surface area (Å²) in [6.07, 6.45) is 4.84. The van der Waals surface area contributed by atoms with Gasteiger partial charge in [-0.1, -0.05) is 36.4 Å². The molecule has 1 amide bonds. The normalized spacial score (nSPS) is 22.5. The summed E-state index contributed by atoms with van der Waals surface area (Å²) in [5.41, 5.74) is 3.51. The highest BCUT2D eigenvalue weighted by Crippen LogP contribution is 2.46. The summed E-state index contributed by atoms with van der Waals surface area (Å²) in [7, 11) is 0. The molecule has 0 aliphatic carbocycles. The number of fused-ring (bicyclic) bond motifs is 1. The van der Waals surface area contributed by atoms with Gasteiger partial charge in [0.25, 0.3) is 0 Å². The second kappa shape index (κ2) is 8.50. The summed E-state index contributed by atoms with van der Waals surface area (Å²) in [5.74, 6) is 2.15. The van der Waals surface area contributed by atoms with Crippen molar-refractivity contribution in [1.29, 1.82) is 0 Å². The zero-order chi connectivity index (χ0) is 21.2. The predicted octanol–water partition coefficient (Wildman–Crippen LogP) is 4.05. The first-order valence-corrected chi connectivity index (χ1v) is 11.1. The van der Waals surface area contributed by atoms with Crippen molar-refractivity contribution in [2.75, 3.05) is 24.5 Å². The van der Waals surface area contributed by atoms with E-state index in [4.69, 9.17) is 0 Å². The maximum atomic E-state index is 13.4. The summed E-state index contributed by atoms with van der Waals surface area (Å²) in [6, 6.07) is 20.6. The Bertz CT molecular complexity index is 1040. The van der Waals surface area contributed by atoms with E-state index in [1.54, 1.807) is 6.20 Å². The van der Waals surface area contributed by atoms with Gasteiger partial charge in [0.15, 0.2) is 0 Å². The molecule has 0 unspecified atom stereocenters. The molecule has 0 spiro atoms. The van der Waals surface area contributed by atoms with Crippen LogP contribution in [0.1, 0.15) is 29.3 Å². The molecule has 2 aliphatic heterocycles. The number of carbonyl (C=O) groups is 1. The Labute approximate surface area is 183 Å². The second-order valence-corrected chi connectivity index (χ2v) is 8.69. The molecule has 0 N–H and O–H groups in total. The van der Waals surface area contributed by atoms with E-state index in [2.05, 4.69) is 57.0 Å². The number of aromatic nitrogens is 2. The van der Waals surface area contributed by atoms with Crippen molar-refractivity contribution in [3.63, 3.8) is 0 Å². The van der Waals surface area contributed by atoms with Gasteiger partial charge in [0.05, 0.1) is 6.04 Å². The molecular weight excluding hydrogens is 384 g/mol. The molecule has 158 valence electrons. The first-order chi connectivity index (χ1) is 15.2. The van der Waals surface area contributed by atoms with E-state index < -0.39 is 0 Å². The molecule has 3 aromatic rings. The fourth-order valence-electron chi connectivity index (χ4n) is 5.27. The third-order valence-electron chi connectivity index (χ3n) is 6.79. The van der Waals surface area contributed by atoms with E-state index in [9.17, 15) is 4.79 Å². The van der Waals surface area contributed by atoms with Crippen molar-refractivity contribution in [2.24, 2.45) is 11.8 Å². The first kappa shape index (κ1) is 19.7. The van der Waals surface area contributed by atoms with E-state index in [0.717, 1.165) is 31.1 Å². The van der Waals surface area contributed by atoms with Crippen LogP contribution in [0.3, 0.4) is 0 Å². The number of rotatable bonds is 5. The molecule has 2 aromatic heterocycles. The lowest BCUT2D eigenvalue weighted by Gasteiger charge is -2.31. The average molecular weight is 413 g/mol. The van der Waals surface area contributed by atoms with Crippen LogP contribution >= 0.6 is 0 Å². The van der Waals surface area contributed by atoms with Crippen molar-refractivity contribution in [1.82, 2.24) is 14.9 Å². The van der Waals surface area contributed by atoms with Crippen molar-refractivity contribution in [2.45, 2.75) is 25.8 Å². The number of amides is 1. The maximum absolute atomic E-state index is 13.4. The Kier molecular flexibility index (Phi) is 5.41. The summed E-state index contributed by atoms with van der Waals surface area (Å²) in [5, 5.41) is 0. The number of pyridine rings is 2. The van der Waals surface area contributed by atoms with Gasteiger partial charge < -0.3 is 9.80 Å². The summed E-state index contributed by atoms with van der Waals surface area (Å²) in [4.78, 5) is 26.8. The number of anilines is 1. The van der Waals surface area contributed by atoms with Gasteiger partial charge in [-0.2, -0.15) is 0 Å². The van der Waals surface area contributed by atoms with Gasteiger partial charge in [0.1, 0.15) is 5.82 Å². The van der Waals surface area contributed by atoms with Crippen LogP contribution in [-0.4, -0.2) is 40.4 Å². The second-order valence-electron chi connectivity index (χ2n) is 8.69. The lowest BCUT2D eigenvalue weighted by molar-refractivity contribution is -0.132. The summed E-state index contributed by atoms with van der Waals surface area (Å²) in [6.45, 7) is 4.86. The highest BCUT2D eigenvalue weighted by molar-refractivity contribution is 5.77. The number of aryl methyl sites for hydroxylation is 2. The number of hydrogen-bond donors (Lipinski definition) is 0. The minimum atomic E-state index is 0.121. The Balaban J connectivity index is 1.39. The van der Waals surface area contributed by atoms with Gasteiger partial charge in [-0.3, -0.25) is 9.78 Å². The van der Waals surface area contributed by atoms with Crippen LogP contribution in [0.2, 0.25) is 0 Å². The molecule has 5 nitrogen and oxygen atoms in total. The van der Waals surface area contributed by atoms with Crippen LogP contribution in [0, 0.1) is 18.8 Å². The molecule has 2 aliphatic rings.